The van der Waals surface area contributed by atoms with Gasteiger partial charge >= 0.3 is 0 Å². The van der Waals surface area contributed by atoms with Crippen molar-refractivity contribution in [3.63, 3.8) is 0 Å². The Hall–Kier alpha value is -1.41. The van der Waals surface area contributed by atoms with E-state index in [1.807, 2.05) is 13.8 Å². The number of rotatable bonds is 3. The highest BCUT2D eigenvalue weighted by Gasteiger charge is 2.87. The van der Waals surface area contributed by atoms with Crippen molar-refractivity contribution in [3.05, 3.63) is 12.2 Å². The lowest BCUT2D eigenvalue weighted by Crippen LogP contribution is -2.85. The molecule has 3 N–H and O–H groups in total. The molecule has 0 aromatic carbocycles. The van der Waals surface area contributed by atoms with Gasteiger partial charge in [-0.1, -0.05) is 20.4 Å². The van der Waals surface area contributed by atoms with Crippen LogP contribution in [0.1, 0.15) is 46.0 Å². The first kappa shape index (κ1) is 20.5. The predicted octanol–water partition coefficient (Wildman–Crippen LogP) is 0.789. The summed E-state index contributed by atoms with van der Waals surface area (Å²) in [5, 5.41) is 34.5. The maximum absolute atomic E-state index is 14.0. The van der Waals surface area contributed by atoms with Crippen molar-refractivity contribution in [2.75, 3.05) is 6.61 Å². The Bertz CT molecular complexity index is 864. The number of ether oxygens (including phenoxy) is 1. The lowest BCUT2D eigenvalue weighted by Gasteiger charge is -2.73. The van der Waals surface area contributed by atoms with E-state index in [4.69, 9.17) is 4.74 Å². The van der Waals surface area contributed by atoms with Crippen LogP contribution in [0.3, 0.4) is 0 Å². The number of ketones is 2. The summed E-state index contributed by atoms with van der Waals surface area (Å²) in [4.78, 5) is 38.5. The van der Waals surface area contributed by atoms with Gasteiger partial charge in [-0.3, -0.25) is 9.59 Å². The molecule has 2 heterocycles. The van der Waals surface area contributed by atoms with Crippen LogP contribution in [0.4, 0.5) is 0 Å². The van der Waals surface area contributed by atoms with Gasteiger partial charge in [0.1, 0.15) is 23.6 Å². The summed E-state index contributed by atoms with van der Waals surface area (Å²) >= 11 is 0. The summed E-state index contributed by atoms with van der Waals surface area (Å²) in [5.41, 5.74) is -3.25. The van der Waals surface area contributed by atoms with Gasteiger partial charge in [-0.25, -0.2) is 0 Å². The molecule has 4 aliphatic carbocycles. The van der Waals surface area contributed by atoms with Gasteiger partial charge in [-0.15, -0.1) is 0 Å². The largest absolute Gasteiger partial charge is 0.391 e. The van der Waals surface area contributed by atoms with E-state index in [9.17, 15) is 29.7 Å². The van der Waals surface area contributed by atoms with Crippen molar-refractivity contribution in [1.82, 2.24) is 0 Å². The first-order valence-corrected chi connectivity index (χ1v) is 11.0. The highest BCUT2D eigenvalue weighted by atomic mass is 16.6. The zero-order valence-electron chi connectivity index (χ0n) is 17.5. The average Bonchev–Trinajstić information content (AvgIpc) is 2.80. The zero-order chi connectivity index (χ0) is 21.9. The fraction of sp³-hybridized carbons (Fsp3) is 0.783. The molecule has 0 amide bonds. The molecular formula is C23H30O7. The first-order chi connectivity index (χ1) is 14.0. The van der Waals surface area contributed by atoms with Crippen molar-refractivity contribution >= 4 is 17.9 Å². The van der Waals surface area contributed by atoms with E-state index in [1.165, 1.54) is 0 Å². The molecule has 0 radical (unpaired) electrons. The number of fused-ring (bicyclic) bond motifs is 2. The quantitative estimate of drug-likeness (QED) is 0.458. The van der Waals surface area contributed by atoms with Crippen LogP contribution in [-0.4, -0.2) is 57.8 Å². The SMILES string of the molecule is C=C1C(=O)[C@]23[C@H](O)[C@H]1CC[C@H]2[C@@]12CO[C@]3(O)[C@@H](O)[C@@H]1C(C)(C)C[C@@H](CCC=O)C2=O. The molecule has 0 unspecified atom stereocenters. The summed E-state index contributed by atoms with van der Waals surface area (Å²) in [6.45, 7) is 7.73. The van der Waals surface area contributed by atoms with Crippen molar-refractivity contribution in [3.8, 4) is 0 Å². The first-order valence-electron chi connectivity index (χ1n) is 11.0. The highest BCUT2D eigenvalue weighted by molar-refractivity contribution is 6.06. The van der Waals surface area contributed by atoms with Crippen LogP contribution >= 0.6 is 0 Å². The normalized spacial score (nSPS) is 53.4. The monoisotopic (exact) mass is 418 g/mol. The Morgan fingerprint density at radius 2 is 1.90 bits per heavy atom. The molecule has 0 aromatic heterocycles. The minimum atomic E-state index is -2.26. The molecule has 2 saturated heterocycles. The predicted molar refractivity (Wildman–Crippen MR) is 104 cm³/mol. The number of hydrogen-bond donors (Lipinski definition) is 3. The Balaban J connectivity index is 1.75. The summed E-state index contributed by atoms with van der Waals surface area (Å²) in [6, 6.07) is 0. The maximum Gasteiger partial charge on any atom is 0.208 e. The maximum atomic E-state index is 14.0. The zero-order valence-corrected chi connectivity index (χ0v) is 17.5. The van der Waals surface area contributed by atoms with Crippen molar-refractivity contribution in [2.45, 2.75) is 63.9 Å². The third kappa shape index (κ3) is 1.87. The second-order valence-corrected chi connectivity index (χ2v) is 10.9. The van der Waals surface area contributed by atoms with Crippen molar-refractivity contribution in [2.24, 2.45) is 39.9 Å². The van der Waals surface area contributed by atoms with Gasteiger partial charge in [-0.2, -0.15) is 0 Å². The van der Waals surface area contributed by atoms with Crippen LogP contribution in [0, 0.1) is 39.9 Å². The van der Waals surface area contributed by atoms with Crippen molar-refractivity contribution < 1.29 is 34.4 Å². The fourth-order valence-corrected chi connectivity index (χ4v) is 8.49. The molecule has 4 saturated carbocycles. The molecule has 30 heavy (non-hydrogen) atoms. The lowest BCUT2D eigenvalue weighted by atomic mass is 9.35. The summed E-state index contributed by atoms with van der Waals surface area (Å²) in [5.74, 6) is -4.98. The van der Waals surface area contributed by atoms with Gasteiger partial charge in [0.05, 0.1) is 18.1 Å². The van der Waals surface area contributed by atoms with Crippen LogP contribution in [0.15, 0.2) is 12.2 Å². The topological polar surface area (TPSA) is 121 Å². The highest BCUT2D eigenvalue weighted by Crippen LogP contribution is 2.76. The number of aldehydes is 1. The number of aliphatic hydroxyl groups excluding tert-OH is 2. The third-order valence-corrected chi connectivity index (χ3v) is 9.37. The number of hydrogen-bond acceptors (Lipinski definition) is 7. The van der Waals surface area contributed by atoms with E-state index in [1.54, 1.807) is 0 Å². The minimum Gasteiger partial charge on any atom is -0.391 e. The van der Waals surface area contributed by atoms with Crippen LogP contribution in [0.2, 0.25) is 0 Å². The summed E-state index contributed by atoms with van der Waals surface area (Å²) < 4.78 is 5.83. The molecule has 2 aliphatic heterocycles. The van der Waals surface area contributed by atoms with Crippen LogP contribution in [0.5, 0.6) is 0 Å². The van der Waals surface area contributed by atoms with E-state index >= 15 is 0 Å². The molecule has 6 rings (SSSR count). The van der Waals surface area contributed by atoms with Gasteiger partial charge in [0.2, 0.25) is 5.79 Å². The summed E-state index contributed by atoms with van der Waals surface area (Å²) in [6.07, 6.45) is 0.205. The van der Waals surface area contributed by atoms with Gasteiger partial charge < -0.3 is 24.9 Å². The average molecular weight is 418 g/mol. The second-order valence-electron chi connectivity index (χ2n) is 10.9. The number of aliphatic hydroxyl groups is 3. The fourth-order valence-electron chi connectivity index (χ4n) is 8.49. The van der Waals surface area contributed by atoms with E-state index < -0.39 is 63.7 Å². The Labute approximate surface area is 175 Å². The minimum absolute atomic E-state index is 0.0887. The van der Waals surface area contributed by atoms with E-state index in [0.29, 0.717) is 25.7 Å². The standard InChI is InChI=1S/C23H30O7/c1-11-13-6-7-14-21-10-30-23(29,22(14,16(11)25)18(13)27)19(28)15(21)20(2,3)9-12(17(21)26)5-4-8-24/h8,12-15,18-19,27-29H,1,4-7,9-10H2,2-3H3/t12-,13+,14+,15-,18-,19+,21+,22+,23-/m1/s1. The molecule has 0 aromatic rings. The number of carbonyl (C=O) groups excluding carboxylic acids is 3. The van der Waals surface area contributed by atoms with Crippen LogP contribution < -0.4 is 0 Å². The molecule has 2 spiro atoms. The van der Waals surface area contributed by atoms with E-state index in [-0.39, 0.29) is 24.4 Å². The van der Waals surface area contributed by atoms with Crippen LogP contribution in [0.25, 0.3) is 0 Å². The van der Waals surface area contributed by atoms with Gasteiger partial charge in [0, 0.05) is 24.2 Å². The molecule has 164 valence electrons. The summed E-state index contributed by atoms with van der Waals surface area (Å²) in [7, 11) is 0. The molecule has 9 atom stereocenters. The molecular weight excluding hydrogens is 388 g/mol. The molecule has 4 bridgehead atoms. The molecule has 7 nitrogen and oxygen atoms in total. The van der Waals surface area contributed by atoms with Crippen LogP contribution in [-0.2, 0) is 19.1 Å². The second kappa shape index (κ2) is 5.88. The molecule has 7 heteroatoms. The third-order valence-electron chi connectivity index (χ3n) is 9.37. The van der Waals surface area contributed by atoms with Gasteiger partial charge in [-0.05, 0) is 42.6 Å². The molecule has 6 aliphatic rings. The van der Waals surface area contributed by atoms with Crippen molar-refractivity contribution in [1.29, 1.82) is 0 Å². The number of Topliss-reactive ketones (excluding diaryl/α,β-unsaturated/α-hetero) is 2. The number of carbonyl (C=O) groups is 3. The smallest absolute Gasteiger partial charge is 0.208 e. The van der Waals surface area contributed by atoms with E-state index in [2.05, 4.69) is 6.58 Å². The Kier molecular flexibility index (Phi) is 4.02. The van der Waals surface area contributed by atoms with Gasteiger partial charge in [0.25, 0.3) is 0 Å². The lowest BCUT2D eigenvalue weighted by molar-refractivity contribution is -0.438. The molecule has 6 fully saturated rings. The Morgan fingerprint density at radius 1 is 1.20 bits per heavy atom. The van der Waals surface area contributed by atoms with E-state index in [0.717, 1.165) is 6.29 Å². The van der Waals surface area contributed by atoms with Gasteiger partial charge in [0.15, 0.2) is 5.78 Å². The Morgan fingerprint density at radius 3 is 2.57 bits per heavy atom.